The summed E-state index contributed by atoms with van der Waals surface area (Å²) in [6.45, 7) is 3.93. The Kier molecular flexibility index (Phi) is 4.96. The molecule has 0 spiro atoms. The van der Waals surface area contributed by atoms with Gasteiger partial charge in [0.05, 0.1) is 6.04 Å². The van der Waals surface area contributed by atoms with Gasteiger partial charge in [-0.15, -0.1) is 0 Å². The van der Waals surface area contributed by atoms with Crippen molar-refractivity contribution >= 4 is 17.4 Å². The summed E-state index contributed by atoms with van der Waals surface area (Å²) >= 11 is 6.09. The van der Waals surface area contributed by atoms with Crippen LogP contribution >= 0.6 is 11.6 Å². The van der Waals surface area contributed by atoms with E-state index in [-0.39, 0.29) is 11.6 Å². The first-order valence-electron chi connectivity index (χ1n) is 9.40. The molecule has 4 rings (SSSR count). The number of halogens is 2. The molecule has 1 aromatic carbocycles. The fourth-order valence-corrected chi connectivity index (χ4v) is 3.96. The number of amidine groups is 1. The van der Waals surface area contributed by atoms with Crippen molar-refractivity contribution in [3.05, 3.63) is 98.4 Å². The van der Waals surface area contributed by atoms with Crippen LogP contribution in [0.2, 0.25) is 5.02 Å². The first-order valence-corrected chi connectivity index (χ1v) is 9.78. The quantitative estimate of drug-likeness (QED) is 0.642. The molecule has 2 atom stereocenters. The molecule has 148 valence electrons. The molecule has 2 N–H and O–H groups in total. The molecule has 3 heterocycles. The summed E-state index contributed by atoms with van der Waals surface area (Å²) in [5.74, 6) is 0.0691. The zero-order valence-electron chi connectivity index (χ0n) is 16.0. The molecule has 1 unspecified atom stereocenters. The minimum absolute atomic E-state index is 0.108. The second-order valence-electron chi connectivity index (χ2n) is 7.06. The number of pyridine rings is 2. The molecule has 1 aliphatic heterocycles. The predicted octanol–water partition coefficient (Wildman–Crippen LogP) is 3.81. The summed E-state index contributed by atoms with van der Waals surface area (Å²) in [4.78, 5) is 23.4. The van der Waals surface area contributed by atoms with E-state index in [9.17, 15) is 9.18 Å². The summed E-state index contributed by atoms with van der Waals surface area (Å²) in [6.07, 6.45) is 3.70. The number of aryl methyl sites for hydroxylation is 1. The number of benzene rings is 1. The molecule has 0 bridgehead atoms. The van der Waals surface area contributed by atoms with E-state index >= 15 is 0 Å². The van der Waals surface area contributed by atoms with Crippen LogP contribution < -0.4 is 10.9 Å². The minimum atomic E-state index is -0.869. The van der Waals surface area contributed by atoms with Gasteiger partial charge in [0.15, 0.2) is 0 Å². The first kappa shape index (κ1) is 19.3. The van der Waals surface area contributed by atoms with Crippen molar-refractivity contribution < 1.29 is 4.39 Å². The van der Waals surface area contributed by atoms with Gasteiger partial charge in [-0.2, -0.15) is 4.39 Å². The molecule has 3 aromatic rings. The lowest BCUT2D eigenvalue weighted by molar-refractivity contribution is 0.449. The second-order valence-corrected chi connectivity index (χ2v) is 7.50. The maximum atomic E-state index is 14.0. The van der Waals surface area contributed by atoms with Crippen molar-refractivity contribution in [3.8, 4) is 0 Å². The highest BCUT2D eigenvalue weighted by molar-refractivity contribution is 6.30. The molecular formula is C22H20ClFN4O. The van der Waals surface area contributed by atoms with Gasteiger partial charge in [0.25, 0.3) is 5.56 Å². The van der Waals surface area contributed by atoms with Crippen LogP contribution in [0.3, 0.4) is 0 Å². The average Bonchev–Trinajstić information content (AvgIpc) is 3.07. The summed E-state index contributed by atoms with van der Waals surface area (Å²) in [6, 6.07) is 12.2. The fourth-order valence-electron chi connectivity index (χ4n) is 3.83. The zero-order chi connectivity index (χ0) is 20.6. The standard InChI is InChI=1S/C22H20ClFN4O/c1-3-14-10-15(12-26-21(14)29)20-27-13(2)22(28-20,16-4-6-18(23)7-5-16)17-8-9-25-19(24)11-17/h4-13H,3H2,1-2H3,(H,26,29)(H,27,28)/t13-,22?/m0/s1. The van der Waals surface area contributed by atoms with E-state index in [4.69, 9.17) is 16.6 Å². The van der Waals surface area contributed by atoms with Crippen LogP contribution in [0.4, 0.5) is 4.39 Å². The number of aromatic nitrogens is 2. The Balaban J connectivity index is 1.93. The Labute approximate surface area is 172 Å². The molecule has 1 aliphatic rings. The Bertz CT molecular complexity index is 1140. The lowest BCUT2D eigenvalue weighted by Crippen LogP contribution is -2.41. The van der Waals surface area contributed by atoms with Gasteiger partial charge in [-0.25, -0.2) is 9.98 Å². The molecule has 5 nitrogen and oxygen atoms in total. The van der Waals surface area contributed by atoms with Crippen molar-refractivity contribution in [2.45, 2.75) is 31.8 Å². The Hall–Kier alpha value is -2.99. The Morgan fingerprint density at radius 3 is 2.62 bits per heavy atom. The number of nitrogens with one attached hydrogen (secondary N) is 2. The summed E-state index contributed by atoms with van der Waals surface area (Å²) in [5, 5.41) is 4.03. The third kappa shape index (κ3) is 3.34. The van der Waals surface area contributed by atoms with E-state index in [2.05, 4.69) is 15.3 Å². The van der Waals surface area contributed by atoms with Crippen LogP contribution in [0.25, 0.3) is 0 Å². The lowest BCUT2D eigenvalue weighted by Gasteiger charge is -2.31. The molecular weight excluding hydrogens is 391 g/mol. The molecule has 0 radical (unpaired) electrons. The van der Waals surface area contributed by atoms with Gasteiger partial charge in [-0.05, 0) is 54.8 Å². The smallest absolute Gasteiger partial charge is 0.251 e. The molecule has 0 saturated heterocycles. The molecule has 0 fully saturated rings. The first-order chi connectivity index (χ1) is 13.9. The summed E-state index contributed by atoms with van der Waals surface area (Å²) in [7, 11) is 0. The van der Waals surface area contributed by atoms with E-state index in [0.29, 0.717) is 28.4 Å². The molecule has 0 amide bonds. The van der Waals surface area contributed by atoms with E-state index in [1.165, 1.54) is 12.3 Å². The number of rotatable bonds is 4. The van der Waals surface area contributed by atoms with Gasteiger partial charge < -0.3 is 10.3 Å². The van der Waals surface area contributed by atoms with Crippen LogP contribution in [-0.2, 0) is 12.0 Å². The van der Waals surface area contributed by atoms with Crippen molar-refractivity contribution in [2.24, 2.45) is 4.99 Å². The predicted molar refractivity (Wildman–Crippen MR) is 112 cm³/mol. The van der Waals surface area contributed by atoms with Gasteiger partial charge in [-0.3, -0.25) is 4.79 Å². The fraction of sp³-hybridized carbons (Fsp3) is 0.227. The van der Waals surface area contributed by atoms with E-state index in [1.54, 1.807) is 24.4 Å². The van der Waals surface area contributed by atoms with Crippen LogP contribution in [0.1, 0.15) is 36.1 Å². The van der Waals surface area contributed by atoms with Gasteiger partial charge in [0.1, 0.15) is 11.4 Å². The number of H-pyrrole nitrogens is 1. The highest BCUT2D eigenvalue weighted by Crippen LogP contribution is 2.41. The molecule has 0 saturated carbocycles. The van der Waals surface area contributed by atoms with E-state index < -0.39 is 11.5 Å². The van der Waals surface area contributed by atoms with Crippen molar-refractivity contribution in [3.63, 3.8) is 0 Å². The van der Waals surface area contributed by atoms with Crippen molar-refractivity contribution in [2.75, 3.05) is 0 Å². The number of aliphatic imine (C=N–C) groups is 1. The van der Waals surface area contributed by atoms with E-state index in [0.717, 1.165) is 11.1 Å². The SMILES string of the molecule is CCc1cc(C2=NC(c3ccc(Cl)cc3)(c3ccnc(F)c3)[C@H](C)N2)c[nH]c1=O. The Morgan fingerprint density at radius 2 is 1.93 bits per heavy atom. The molecule has 0 aliphatic carbocycles. The van der Waals surface area contributed by atoms with Crippen molar-refractivity contribution in [1.82, 2.24) is 15.3 Å². The molecule has 7 heteroatoms. The van der Waals surface area contributed by atoms with Crippen LogP contribution in [0.15, 0.2) is 64.6 Å². The largest absolute Gasteiger partial charge is 0.364 e. The Morgan fingerprint density at radius 1 is 1.17 bits per heavy atom. The number of nitrogens with zero attached hydrogens (tertiary/aromatic N) is 2. The number of aromatic amines is 1. The van der Waals surface area contributed by atoms with Crippen molar-refractivity contribution in [1.29, 1.82) is 0 Å². The molecule has 2 aromatic heterocycles. The third-order valence-electron chi connectivity index (χ3n) is 5.35. The number of hydrogen-bond acceptors (Lipinski definition) is 4. The third-order valence-corrected chi connectivity index (χ3v) is 5.61. The normalized spacial score (nSPS) is 21.0. The average molecular weight is 411 g/mol. The summed E-state index contributed by atoms with van der Waals surface area (Å²) in [5.41, 5.74) is 2.04. The van der Waals surface area contributed by atoms with E-state index in [1.807, 2.05) is 32.0 Å². The number of hydrogen-bond donors (Lipinski definition) is 2. The maximum Gasteiger partial charge on any atom is 0.251 e. The lowest BCUT2D eigenvalue weighted by atomic mass is 9.79. The van der Waals surface area contributed by atoms with Gasteiger partial charge in [-0.1, -0.05) is 30.7 Å². The highest BCUT2D eigenvalue weighted by atomic mass is 35.5. The molecule has 29 heavy (non-hydrogen) atoms. The van der Waals surface area contributed by atoms with Crippen LogP contribution in [0.5, 0.6) is 0 Å². The van der Waals surface area contributed by atoms with Crippen LogP contribution in [0, 0.1) is 5.95 Å². The monoisotopic (exact) mass is 410 g/mol. The highest BCUT2D eigenvalue weighted by Gasteiger charge is 2.45. The topological polar surface area (TPSA) is 70.1 Å². The van der Waals surface area contributed by atoms with Gasteiger partial charge in [0, 0.05) is 28.5 Å². The zero-order valence-corrected chi connectivity index (χ0v) is 16.8. The van der Waals surface area contributed by atoms with Crippen LogP contribution in [-0.4, -0.2) is 21.8 Å². The minimum Gasteiger partial charge on any atom is -0.364 e. The van der Waals surface area contributed by atoms with Gasteiger partial charge in [0.2, 0.25) is 5.95 Å². The maximum absolute atomic E-state index is 14.0. The second kappa shape index (κ2) is 7.44. The van der Waals surface area contributed by atoms with Gasteiger partial charge >= 0.3 is 0 Å². The summed E-state index contributed by atoms with van der Waals surface area (Å²) < 4.78 is 14.0.